The van der Waals surface area contributed by atoms with Crippen molar-refractivity contribution in [1.29, 1.82) is 0 Å². The maximum atomic E-state index is 10.3. The van der Waals surface area contributed by atoms with Gasteiger partial charge in [0.2, 0.25) is 0 Å². The minimum Gasteiger partial charge on any atom is -0.388 e. The second-order valence-electron chi connectivity index (χ2n) is 4.70. The van der Waals surface area contributed by atoms with Gasteiger partial charge in [0.05, 0.1) is 11.3 Å². The van der Waals surface area contributed by atoms with Crippen LogP contribution in [-0.4, -0.2) is 29.3 Å². The molecule has 0 aromatic carbocycles. The van der Waals surface area contributed by atoms with Gasteiger partial charge in [-0.05, 0) is 25.0 Å². The maximum absolute atomic E-state index is 10.3. The van der Waals surface area contributed by atoms with Gasteiger partial charge in [0.25, 0.3) is 0 Å². The Bertz CT molecular complexity index is 361. The topological polar surface area (TPSA) is 62.4 Å². The van der Waals surface area contributed by atoms with Gasteiger partial charge in [-0.3, -0.25) is 0 Å². The molecule has 1 aliphatic rings. The first-order valence-corrected chi connectivity index (χ1v) is 5.75. The van der Waals surface area contributed by atoms with E-state index in [0.29, 0.717) is 12.4 Å². The minimum atomic E-state index is -0.545. The molecule has 0 spiro atoms. The summed E-state index contributed by atoms with van der Waals surface area (Å²) in [5.41, 5.74) is 6.15. The smallest absolute Gasteiger partial charge is 0.146 e. The van der Waals surface area contributed by atoms with Crippen LogP contribution in [0.2, 0.25) is 0 Å². The number of anilines is 2. The maximum Gasteiger partial charge on any atom is 0.146 e. The zero-order chi connectivity index (χ0) is 11.6. The van der Waals surface area contributed by atoms with Crippen molar-refractivity contribution in [2.75, 3.05) is 24.2 Å². The zero-order valence-corrected chi connectivity index (χ0v) is 9.69. The van der Waals surface area contributed by atoms with Gasteiger partial charge in [-0.15, -0.1) is 0 Å². The number of aromatic nitrogens is 1. The predicted molar refractivity (Wildman–Crippen MR) is 65.3 cm³/mol. The largest absolute Gasteiger partial charge is 0.388 e. The fraction of sp³-hybridized carbons (Fsp3) is 0.583. The Hall–Kier alpha value is -1.29. The zero-order valence-electron chi connectivity index (χ0n) is 9.69. The van der Waals surface area contributed by atoms with Crippen LogP contribution >= 0.6 is 0 Å². The fourth-order valence-corrected chi connectivity index (χ4v) is 2.45. The molecule has 3 N–H and O–H groups in total. The normalized spacial score (nSPS) is 18.6. The van der Waals surface area contributed by atoms with Crippen LogP contribution < -0.4 is 10.6 Å². The van der Waals surface area contributed by atoms with E-state index in [9.17, 15) is 5.11 Å². The van der Waals surface area contributed by atoms with Gasteiger partial charge in [0.15, 0.2) is 0 Å². The molecule has 0 amide bonds. The second-order valence-corrected chi connectivity index (χ2v) is 4.70. The van der Waals surface area contributed by atoms with Crippen molar-refractivity contribution >= 4 is 11.5 Å². The number of pyridine rings is 1. The summed E-state index contributed by atoms with van der Waals surface area (Å²) < 4.78 is 0. The van der Waals surface area contributed by atoms with Gasteiger partial charge in [-0.1, -0.05) is 12.8 Å². The summed E-state index contributed by atoms with van der Waals surface area (Å²) in [6.07, 6.45) is 5.69. The lowest BCUT2D eigenvalue weighted by molar-refractivity contribution is 0.0559. The molecule has 16 heavy (non-hydrogen) atoms. The van der Waals surface area contributed by atoms with Gasteiger partial charge in [0.1, 0.15) is 5.82 Å². The van der Waals surface area contributed by atoms with Crippen molar-refractivity contribution < 1.29 is 5.11 Å². The van der Waals surface area contributed by atoms with Crippen LogP contribution in [0.25, 0.3) is 0 Å². The number of likely N-dealkylation sites (N-methyl/N-ethyl adjacent to an activating group) is 1. The van der Waals surface area contributed by atoms with E-state index in [1.165, 1.54) is 0 Å². The second kappa shape index (κ2) is 4.29. The summed E-state index contributed by atoms with van der Waals surface area (Å²) in [5, 5.41) is 10.3. The average molecular weight is 221 g/mol. The molecule has 0 aliphatic heterocycles. The first kappa shape index (κ1) is 11.2. The van der Waals surface area contributed by atoms with Crippen LogP contribution in [0.4, 0.5) is 11.5 Å². The van der Waals surface area contributed by atoms with Crippen molar-refractivity contribution in [2.45, 2.75) is 31.3 Å². The van der Waals surface area contributed by atoms with Crippen LogP contribution in [-0.2, 0) is 0 Å². The Labute approximate surface area is 96.1 Å². The van der Waals surface area contributed by atoms with E-state index >= 15 is 0 Å². The number of nitrogens with zero attached hydrogens (tertiary/aromatic N) is 2. The summed E-state index contributed by atoms with van der Waals surface area (Å²) in [6, 6.07) is 3.79. The van der Waals surface area contributed by atoms with Crippen molar-refractivity contribution in [3.8, 4) is 0 Å². The number of hydrogen-bond donors (Lipinski definition) is 2. The van der Waals surface area contributed by atoms with Gasteiger partial charge in [-0.25, -0.2) is 4.98 Å². The highest BCUT2D eigenvalue weighted by molar-refractivity contribution is 5.62. The first-order valence-electron chi connectivity index (χ1n) is 5.75. The Morgan fingerprint density at radius 3 is 2.81 bits per heavy atom. The molecule has 2 rings (SSSR count). The Balaban J connectivity index is 2.08. The quantitative estimate of drug-likeness (QED) is 0.810. The molecule has 1 heterocycles. The number of rotatable bonds is 3. The van der Waals surface area contributed by atoms with Crippen LogP contribution in [0.3, 0.4) is 0 Å². The van der Waals surface area contributed by atoms with E-state index in [1.54, 1.807) is 6.20 Å². The average Bonchev–Trinajstić information content (AvgIpc) is 2.65. The van der Waals surface area contributed by atoms with Gasteiger partial charge in [-0.2, -0.15) is 0 Å². The third-order valence-corrected chi connectivity index (χ3v) is 3.29. The lowest BCUT2D eigenvalue weighted by atomic mass is 10.0. The summed E-state index contributed by atoms with van der Waals surface area (Å²) in [5.74, 6) is 0.520. The lowest BCUT2D eigenvalue weighted by Gasteiger charge is -2.30. The van der Waals surface area contributed by atoms with Gasteiger partial charge >= 0.3 is 0 Å². The van der Waals surface area contributed by atoms with Crippen molar-refractivity contribution in [3.05, 3.63) is 18.3 Å². The van der Waals surface area contributed by atoms with E-state index in [2.05, 4.69) is 4.98 Å². The molecular weight excluding hydrogens is 202 g/mol. The molecular formula is C12H19N3O. The SMILES string of the molecule is CN(CC1(O)CCCC1)c1cccnc1N. The molecule has 1 aliphatic carbocycles. The molecule has 1 aromatic heterocycles. The Morgan fingerprint density at radius 1 is 1.50 bits per heavy atom. The third-order valence-electron chi connectivity index (χ3n) is 3.29. The van der Waals surface area contributed by atoms with E-state index in [1.807, 2.05) is 24.1 Å². The molecule has 1 aromatic rings. The molecule has 88 valence electrons. The predicted octanol–water partition coefficient (Wildman–Crippen LogP) is 1.41. The molecule has 0 unspecified atom stereocenters. The molecule has 0 bridgehead atoms. The first-order chi connectivity index (χ1) is 7.61. The Morgan fingerprint density at radius 2 is 2.19 bits per heavy atom. The molecule has 0 radical (unpaired) electrons. The molecule has 1 saturated carbocycles. The summed E-state index contributed by atoms with van der Waals surface area (Å²) in [6.45, 7) is 0.628. The highest BCUT2D eigenvalue weighted by Gasteiger charge is 2.32. The minimum absolute atomic E-state index is 0.520. The number of nitrogens with two attached hydrogens (primary N) is 1. The Kier molecular flexibility index (Phi) is 3.01. The lowest BCUT2D eigenvalue weighted by Crippen LogP contribution is -2.39. The van der Waals surface area contributed by atoms with E-state index < -0.39 is 5.60 Å². The summed E-state index contributed by atoms with van der Waals surface area (Å²) >= 11 is 0. The van der Waals surface area contributed by atoms with Crippen molar-refractivity contribution in [1.82, 2.24) is 4.98 Å². The molecule has 4 nitrogen and oxygen atoms in total. The highest BCUT2D eigenvalue weighted by atomic mass is 16.3. The van der Waals surface area contributed by atoms with Crippen LogP contribution in [0.1, 0.15) is 25.7 Å². The fourth-order valence-electron chi connectivity index (χ4n) is 2.45. The number of nitrogen functional groups attached to an aromatic ring is 1. The number of hydrogen-bond acceptors (Lipinski definition) is 4. The highest BCUT2D eigenvalue weighted by Crippen LogP contribution is 2.31. The third kappa shape index (κ3) is 2.27. The van der Waals surface area contributed by atoms with E-state index in [4.69, 9.17) is 5.73 Å². The van der Waals surface area contributed by atoms with Crippen LogP contribution in [0.15, 0.2) is 18.3 Å². The molecule has 0 saturated heterocycles. The monoisotopic (exact) mass is 221 g/mol. The van der Waals surface area contributed by atoms with Gasteiger partial charge < -0.3 is 15.7 Å². The summed E-state index contributed by atoms with van der Waals surface area (Å²) in [4.78, 5) is 6.05. The van der Waals surface area contributed by atoms with Crippen LogP contribution in [0, 0.1) is 0 Å². The van der Waals surface area contributed by atoms with Crippen LogP contribution in [0.5, 0.6) is 0 Å². The molecule has 4 heteroatoms. The van der Waals surface area contributed by atoms with Crippen molar-refractivity contribution in [2.24, 2.45) is 0 Å². The summed E-state index contributed by atoms with van der Waals surface area (Å²) in [7, 11) is 1.95. The van der Waals surface area contributed by atoms with E-state index in [0.717, 1.165) is 31.4 Å². The molecule has 0 atom stereocenters. The van der Waals surface area contributed by atoms with Gasteiger partial charge in [0, 0.05) is 19.8 Å². The van der Waals surface area contributed by atoms with Crippen molar-refractivity contribution in [3.63, 3.8) is 0 Å². The molecule has 1 fully saturated rings. The standard InChI is InChI=1S/C12H19N3O/c1-15(9-12(16)6-2-3-7-12)10-5-4-8-14-11(10)13/h4-5,8,16H,2-3,6-7,9H2,1H3,(H2,13,14). The van der Waals surface area contributed by atoms with E-state index in [-0.39, 0.29) is 0 Å². The number of aliphatic hydroxyl groups is 1.